The first-order chi connectivity index (χ1) is 4.43. The predicted molar refractivity (Wildman–Crippen MR) is 36.2 cm³/mol. The van der Waals surface area contributed by atoms with E-state index in [0.29, 0.717) is 6.42 Å². The molecule has 1 aliphatic carbocycles. The Morgan fingerprint density at radius 2 is 2.22 bits per heavy atom. The zero-order valence-corrected chi connectivity index (χ0v) is 5.70. The molecule has 0 aromatic heterocycles. The summed E-state index contributed by atoms with van der Waals surface area (Å²) in [6.07, 6.45) is 3.43. The smallest absolute Gasteiger partial charge is 0.0906 e. The molecule has 0 amide bonds. The maximum atomic E-state index is 11.5. The normalized spacial score (nSPS) is 18.3. The summed E-state index contributed by atoms with van der Waals surface area (Å²) in [5.41, 5.74) is 0. The van der Waals surface area contributed by atoms with Crippen molar-refractivity contribution in [2.45, 2.75) is 19.3 Å². The Labute approximate surface area is 55.6 Å². The Kier molecular flexibility index (Phi) is 2.98. The lowest BCUT2D eigenvalue weighted by Crippen LogP contribution is -2.18. The lowest BCUT2D eigenvalue weighted by atomic mass is 10.4. The van der Waals surface area contributed by atoms with Gasteiger partial charge in [0.1, 0.15) is 0 Å². The van der Waals surface area contributed by atoms with Gasteiger partial charge >= 0.3 is 0 Å². The summed E-state index contributed by atoms with van der Waals surface area (Å²) >= 11 is 0. The number of hydrogen-bond donors (Lipinski definition) is 1. The summed E-state index contributed by atoms with van der Waals surface area (Å²) in [6, 6.07) is 0. The molecule has 0 aromatic rings. The molecule has 54 valence electrons. The second-order valence-corrected chi connectivity index (χ2v) is 2.69. The minimum atomic E-state index is -0.183. The van der Waals surface area contributed by atoms with E-state index in [2.05, 4.69) is 5.32 Å². The molecule has 0 atom stereocenters. The number of hydrogen-bond acceptors (Lipinski definition) is 1. The van der Waals surface area contributed by atoms with Crippen LogP contribution in [0.4, 0.5) is 4.39 Å². The van der Waals surface area contributed by atoms with Gasteiger partial charge in [-0.05, 0) is 38.3 Å². The van der Waals surface area contributed by atoms with Crippen molar-refractivity contribution in [1.82, 2.24) is 5.32 Å². The van der Waals surface area contributed by atoms with Crippen LogP contribution in [0.1, 0.15) is 19.3 Å². The largest absolute Gasteiger partial charge is 0.316 e. The van der Waals surface area contributed by atoms with Crippen molar-refractivity contribution in [3.8, 4) is 0 Å². The predicted octanol–water partition coefficient (Wildman–Crippen LogP) is 1.35. The van der Waals surface area contributed by atoms with E-state index in [4.69, 9.17) is 0 Å². The van der Waals surface area contributed by atoms with Crippen molar-refractivity contribution in [2.75, 3.05) is 19.8 Å². The third-order valence-electron chi connectivity index (χ3n) is 1.62. The molecule has 1 saturated carbocycles. The van der Waals surface area contributed by atoms with Crippen molar-refractivity contribution in [2.24, 2.45) is 5.92 Å². The minimum Gasteiger partial charge on any atom is -0.316 e. The molecule has 1 fully saturated rings. The fraction of sp³-hybridized carbons (Fsp3) is 1.00. The van der Waals surface area contributed by atoms with Gasteiger partial charge in [0, 0.05) is 0 Å². The third kappa shape index (κ3) is 3.46. The molecule has 2 heteroatoms. The zero-order valence-electron chi connectivity index (χ0n) is 5.70. The van der Waals surface area contributed by atoms with E-state index in [1.165, 1.54) is 12.8 Å². The molecule has 0 radical (unpaired) electrons. The van der Waals surface area contributed by atoms with Crippen LogP contribution < -0.4 is 5.32 Å². The van der Waals surface area contributed by atoms with Gasteiger partial charge in [-0.2, -0.15) is 0 Å². The van der Waals surface area contributed by atoms with Crippen LogP contribution in [0.15, 0.2) is 0 Å². The van der Waals surface area contributed by atoms with Crippen LogP contribution in [0.25, 0.3) is 0 Å². The SMILES string of the molecule is FCCCNCC1CC1. The van der Waals surface area contributed by atoms with Crippen LogP contribution in [-0.2, 0) is 0 Å². The topological polar surface area (TPSA) is 12.0 Å². The Balaban J connectivity index is 1.71. The van der Waals surface area contributed by atoms with Crippen molar-refractivity contribution in [1.29, 1.82) is 0 Å². The van der Waals surface area contributed by atoms with Gasteiger partial charge in [-0.15, -0.1) is 0 Å². The first-order valence-corrected chi connectivity index (χ1v) is 3.70. The van der Waals surface area contributed by atoms with Crippen molar-refractivity contribution in [3.05, 3.63) is 0 Å². The van der Waals surface area contributed by atoms with Crippen LogP contribution in [0.2, 0.25) is 0 Å². The Hall–Kier alpha value is -0.110. The standard InChI is InChI=1S/C7H14FN/c8-4-1-5-9-6-7-2-3-7/h7,9H,1-6H2. The van der Waals surface area contributed by atoms with Crippen LogP contribution in [-0.4, -0.2) is 19.8 Å². The van der Waals surface area contributed by atoms with E-state index in [1.54, 1.807) is 0 Å². The molecule has 1 aliphatic rings. The van der Waals surface area contributed by atoms with Crippen LogP contribution in [0.3, 0.4) is 0 Å². The van der Waals surface area contributed by atoms with Gasteiger partial charge in [0.25, 0.3) is 0 Å². The third-order valence-corrected chi connectivity index (χ3v) is 1.62. The number of halogens is 1. The van der Waals surface area contributed by atoms with Gasteiger partial charge in [0.15, 0.2) is 0 Å². The average Bonchev–Trinajstić information content (AvgIpc) is 2.63. The summed E-state index contributed by atoms with van der Waals surface area (Å²) in [7, 11) is 0. The lowest BCUT2D eigenvalue weighted by molar-refractivity contribution is 0.457. The minimum absolute atomic E-state index is 0.183. The fourth-order valence-electron chi connectivity index (χ4n) is 0.820. The number of alkyl halides is 1. The molecule has 0 aromatic carbocycles. The second kappa shape index (κ2) is 3.83. The summed E-state index contributed by atoms with van der Waals surface area (Å²) in [4.78, 5) is 0. The Bertz CT molecular complexity index is 71.3. The Morgan fingerprint density at radius 3 is 2.78 bits per heavy atom. The van der Waals surface area contributed by atoms with Crippen molar-refractivity contribution >= 4 is 0 Å². The molecule has 1 nitrogen and oxygen atoms in total. The summed E-state index contributed by atoms with van der Waals surface area (Å²) in [6.45, 7) is 1.78. The molecule has 0 heterocycles. The molecule has 0 saturated heterocycles. The number of rotatable bonds is 5. The molecule has 1 rings (SSSR count). The van der Waals surface area contributed by atoms with E-state index in [-0.39, 0.29) is 6.67 Å². The van der Waals surface area contributed by atoms with Gasteiger partial charge in [0.05, 0.1) is 6.67 Å². The summed E-state index contributed by atoms with van der Waals surface area (Å²) < 4.78 is 11.5. The quantitative estimate of drug-likeness (QED) is 0.555. The van der Waals surface area contributed by atoms with Gasteiger partial charge in [-0.25, -0.2) is 0 Å². The molecule has 9 heavy (non-hydrogen) atoms. The van der Waals surface area contributed by atoms with E-state index in [0.717, 1.165) is 19.0 Å². The molecular formula is C7H14FN. The second-order valence-electron chi connectivity index (χ2n) is 2.69. The highest BCUT2D eigenvalue weighted by molar-refractivity contribution is 4.74. The molecule has 1 N–H and O–H groups in total. The average molecular weight is 131 g/mol. The van der Waals surface area contributed by atoms with Gasteiger partial charge in [0.2, 0.25) is 0 Å². The monoisotopic (exact) mass is 131 g/mol. The van der Waals surface area contributed by atoms with E-state index >= 15 is 0 Å². The lowest BCUT2D eigenvalue weighted by Gasteiger charge is -1.98. The van der Waals surface area contributed by atoms with Gasteiger partial charge in [-0.3, -0.25) is 4.39 Å². The number of nitrogens with one attached hydrogen (secondary N) is 1. The molecule has 0 aliphatic heterocycles. The van der Waals surface area contributed by atoms with Crippen LogP contribution in [0.5, 0.6) is 0 Å². The highest BCUT2D eigenvalue weighted by Gasteiger charge is 2.19. The zero-order chi connectivity index (χ0) is 6.53. The fourth-order valence-corrected chi connectivity index (χ4v) is 0.820. The molecule has 0 unspecified atom stereocenters. The first-order valence-electron chi connectivity index (χ1n) is 3.70. The van der Waals surface area contributed by atoms with Crippen molar-refractivity contribution < 1.29 is 4.39 Å². The Morgan fingerprint density at radius 1 is 1.44 bits per heavy atom. The molecule has 0 spiro atoms. The van der Waals surface area contributed by atoms with E-state index in [9.17, 15) is 4.39 Å². The highest BCUT2D eigenvalue weighted by Crippen LogP contribution is 2.27. The maximum absolute atomic E-state index is 11.5. The van der Waals surface area contributed by atoms with Gasteiger partial charge in [-0.1, -0.05) is 0 Å². The van der Waals surface area contributed by atoms with E-state index in [1.807, 2.05) is 0 Å². The highest BCUT2D eigenvalue weighted by atomic mass is 19.1. The maximum Gasteiger partial charge on any atom is 0.0906 e. The van der Waals surface area contributed by atoms with Crippen LogP contribution in [0, 0.1) is 5.92 Å². The molecule has 0 bridgehead atoms. The summed E-state index contributed by atoms with van der Waals surface area (Å²) in [5, 5.41) is 3.21. The van der Waals surface area contributed by atoms with Gasteiger partial charge < -0.3 is 5.32 Å². The van der Waals surface area contributed by atoms with E-state index < -0.39 is 0 Å². The van der Waals surface area contributed by atoms with Crippen LogP contribution >= 0.6 is 0 Å². The first kappa shape index (κ1) is 7.00. The van der Waals surface area contributed by atoms with Crippen molar-refractivity contribution in [3.63, 3.8) is 0 Å². The summed E-state index contributed by atoms with van der Waals surface area (Å²) in [5.74, 6) is 0.921. The molecular weight excluding hydrogens is 117 g/mol.